The Kier molecular flexibility index (Phi) is 4.74. The van der Waals surface area contributed by atoms with Gasteiger partial charge < -0.3 is 10.6 Å². The second-order valence-electron chi connectivity index (χ2n) is 4.16. The number of nitrogens with zero attached hydrogens (tertiary/aromatic N) is 2. The van der Waals surface area contributed by atoms with Gasteiger partial charge in [0.05, 0.1) is 10.7 Å². The van der Waals surface area contributed by atoms with Gasteiger partial charge in [-0.3, -0.25) is 0 Å². The number of benzene rings is 1. The quantitative estimate of drug-likeness (QED) is 0.875. The molecule has 0 saturated carbocycles. The van der Waals surface area contributed by atoms with Gasteiger partial charge in [-0.15, -0.1) is 0 Å². The van der Waals surface area contributed by atoms with Crippen LogP contribution in [0.4, 0.5) is 21.7 Å². The smallest absolute Gasteiger partial charge is 0.148 e. The summed E-state index contributed by atoms with van der Waals surface area (Å²) < 4.78 is 13.8. The van der Waals surface area contributed by atoms with Crippen molar-refractivity contribution < 1.29 is 4.39 Å². The molecule has 0 aliphatic rings. The van der Waals surface area contributed by atoms with Crippen molar-refractivity contribution in [2.45, 2.75) is 20.3 Å². The molecule has 0 aliphatic heterocycles. The largest absolute Gasteiger partial charge is 0.370 e. The van der Waals surface area contributed by atoms with Gasteiger partial charge >= 0.3 is 0 Å². The molecule has 1 aromatic carbocycles. The number of halogens is 2. The Hall–Kier alpha value is -1.88. The van der Waals surface area contributed by atoms with Crippen LogP contribution in [0.25, 0.3) is 0 Å². The summed E-state index contributed by atoms with van der Waals surface area (Å²) in [7, 11) is 0. The molecule has 0 aliphatic carbocycles. The van der Waals surface area contributed by atoms with Gasteiger partial charge in [0.15, 0.2) is 0 Å². The predicted molar refractivity (Wildman–Crippen MR) is 80.3 cm³/mol. The first-order valence-electron chi connectivity index (χ1n) is 6.47. The highest BCUT2D eigenvalue weighted by molar-refractivity contribution is 6.33. The zero-order valence-electron chi connectivity index (χ0n) is 11.4. The van der Waals surface area contributed by atoms with Crippen molar-refractivity contribution in [3.8, 4) is 0 Å². The summed E-state index contributed by atoms with van der Waals surface area (Å²) in [5, 5.41) is 6.35. The number of rotatable bonds is 5. The van der Waals surface area contributed by atoms with Crippen molar-refractivity contribution in [2.75, 3.05) is 17.2 Å². The first-order chi connectivity index (χ1) is 9.63. The average molecular weight is 295 g/mol. The molecule has 0 spiro atoms. The van der Waals surface area contributed by atoms with Crippen LogP contribution in [0.2, 0.25) is 5.02 Å². The Bertz CT molecular complexity index is 583. The SMILES string of the molecule is CCNc1cc(Nc2c(F)cccc2Cl)nc(CC)n1. The Morgan fingerprint density at radius 2 is 1.95 bits per heavy atom. The monoisotopic (exact) mass is 294 g/mol. The number of para-hydroxylation sites is 1. The van der Waals surface area contributed by atoms with E-state index in [-0.39, 0.29) is 5.69 Å². The van der Waals surface area contributed by atoms with Crippen LogP contribution in [-0.2, 0) is 6.42 Å². The zero-order valence-corrected chi connectivity index (χ0v) is 12.1. The van der Waals surface area contributed by atoms with Crippen LogP contribution >= 0.6 is 11.6 Å². The van der Waals surface area contributed by atoms with E-state index in [9.17, 15) is 4.39 Å². The van der Waals surface area contributed by atoms with Crippen LogP contribution < -0.4 is 10.6 Å². The van der Waals surface area contributed by atoms with Crippen molar-refractivity contribution in [2.24, 2.45) is 0 Å². The Labute approximate surface area is 122 Å². The maximum Gasteiger partial charge on any atom is 0.148 e. The number of hydrogen-bond donors (Lipinski definition) is 2. The Morgan fingerprint density at radius 3 is 2.60 bits per heavy atom. The lowest BCUT2D eigenvalue weighted by molar-refractivity contribution is 0.632. The maximum absolute atomic E-state index is 13.8. The summed E-state index contributed by atoms with van der Waals surface area (Å²) in [6.07, 6.45) is 0.693. The van der Waals surface area contributed by atoms with Crippen LogP contribution in [0.15, 0.2) is 24.3 Å². The summed E-state index contributed by atoms with van der Waals surface area (Å²) in [5.74, 6) is 1.48. The third-order valence-electron chi connectivity index (χ3n) is 2.66. The summed E-state index contributed by atoms with van der Waals surface area (Å²) in [6.45, 7) is 4.69. The van der Waals surface area contributed by atoms with E-state index in [1.807, 2.05) is 13.8 Å². The number of hydrogen-bond acceptors (Lipinski definition) is 4. The van der Waals surface area contributed by atoms with E-state index < -0.39 is 5.82 Å². The van der Waals surface area contributed by atoms with Crippen LogP contribution in [0, 0.1) is 5.82 Å². The predicted octanol–water partition coefficient (Wildman–Crippen LogP) is 4.01. The van der Waals surface area contributed by atoms with Gasteiger partial charge in [-0.1, -0.05) is 24.6 Å². The van der Waals surface area contributed by atoms with Gasteiger partial charge in [0, 0.05) is 19.0 Å². The minimum atomic E-state index is -0.417. The first-order valence-corrected chi connectivity index (χ1v) is 6.84. The molecule has 2 aromatic rings. The molecule has 0 unspecified atom stereocenters. The molecule has 106 valence electrons. The first kappa shape index (κ1) is 14.5. The van der Waals surface area contributed by atoms with Crippen molar-refractivity contribution in [3.63, 3.8) is 0 Å². The molecule has 0 atom stereocenters. The third kappa shape index (κ3) is 3.36. The molecular weight excluding hydrogens is 279 g/mol. The Balaban J connectivity index is 2.35. The highest BCUT2D eigenvalue weighted by Crippen LogP contribution is 2.28. The molecule has 0 radical (unpaired) electrons. The van der Waals surface area contributed by atoms with Gasteiger partial charge in [-0.2, -0.15) is 0 Å². The van der Waals surface area contributed by atoms with Crippen molar-refractivity contribution in [3.05, 3.63) is 40.9 Å². The fraction of sp³-hybridized carbons (Fsp3) is 0.286. The number of anilines is 3. The van der Waals surface area contributed by atoms with Gasteiger partial charge in [0.1, 0.15) is 23.3 Å². The minimum Gasteiger partial charge on any atom is -0.370 e. The van der Waals surface area contributed by atoms with E-state index in [0.717, 1.165) is 6.54 Å². The third-order valence-corrected chi connectivity index (χ3v) is 2.98. The standard InChI is InChI=1S/C14H16ClFN4/c1-3-11-18-12(17-4-2)8-13(19-11)20-14-9(15)6-5-7-10(14)16/h5-8H,3-4H2,1-2H3,(H2,17,18,19,20). The van der Waals surface area contributed by atoms with Crippen molar-refractivity contribution in [1.82, 2.24) is 9.97 Å². The van der Waals surface area contributed by atoms with E-state index >= 15 is 0 Å². The molecule has 1 heterocycles. The Morgan fingerprint density at radius 1 is 1.20 bits per heavy atom. The molecular formula is C14H16ClFN4. The second-order valence-corrected chi connectivity index (χ2v) is 4.57. The zero-order chi connectivity index (χ0) is 14.5. The van der Waals surface area contributed by atoms with Gasteiger partial charge in [0.25, 0.3) is 0 Å². The summed E-state index contributed by atoms with van der Waals surface area (Å²) >= 11 is 5.99. The van der Waals surface area contributed by atoms with Crippen LogP contribution in [0.5, 0.6) is 0 Å². The fourth-order valence-corrected chi connectivity index (χ4v) is 1.95. The fourth-order valence-electron chi connectivity index (χ4n) is 1.74. The van der Waals surface area contributed by atoms with Gasteiger partial charge in [-0.25, -0.2) is 14.4 Å². The van der Waals surface area contributed by atoms with Crippen LogP contribution in [-0.4, -0.2) is 16.5 Å². The highest BCUT2D eigenvalue weighted by atomic mass is 35.5. The van der Waals surface area contributed by atoms with E-state index in [2.05, 4.69) is 20.6 Å². The van der Waals surface area contributed by atoms with E-state index in [1.165, 1.54) is 6.07 Å². The number of aromatic nitrogens is 2. The summed E-state index contributed by atoms with van der Waals surface area (Å²) in [4.78, 5) is 8.66. The van der Waals surface area contributed by atoms with E-state index in [0.29, 0.717) is 28.9 Å². The maximum atomic E-state index is 13.8. The van der Waals surface area contributed by atoms with Crippen molar-refractivity contribution in [1.29, 1.82) is 0 Å². The molecule has 2 rings (SSSR count). The molecule has 0 bridgehead atoms. The van der Waals surface area contributed by atoms with E-state index in [4.69, 9.17) is 11.6 Å². The molecule has 0 fully saturated rings. The molecule has 2 N–H and O–H groups in total. The van der Waals surface area contributed by atoms with E-state index in [1.54, 1.807) is 18.2 Å². The van der Waals surface area contributed by atoms with Crippen molar-refractivity contribution >= 4 is 28.9 Å². The minimum absolute atomic E-state index is 0.220. The number of nitrogens with one attached hydrogen (secondary N) is 2. The van der Waals surface area contributed by atoms with Gasteiger partial charge in [-0.05, 0) is 19.1 Å². The lowest BCUT2D eigenvalue weighted by atomic mass is 10.3. The van der Waals surface area contributed by atoms with Gasteiger partial charge in [0.2, 0.25) is 0 Å². The highest BCUT2D eigenvalue weighted by Gasteiger charge is 2.09. The normalized spacial score (nSPS) is 10.4. The lowest BCUT2D eigenvalue weighted by Crippen LogP contribution is -2.06. The molecule has 0 amide bonds. The lowest BCUT2D eigenvalue weighted by Gasteiger charge is -2.11. The molecule has 20 heavy (non-hydrogen) atoms. The topological polar surface area (TPSA) is 49.8 Å². The van der Waals surface area contributed by atoms with Crippen LogP contribution in [0.1, 0.15) is 19.7 Å². The second kappa shape index (κ2) is 6.52. The molecule has 6 heteroatoms. The molecule has 0 saturated heterocycles. The summed E-state index contributed by atoms with van der Waals surface area (Å²) in [5.41, 5.74) is 0.220. The van der Waals surface area contributed by atoms with Crippen LogP contribution in [0.3, 0.4) is 0 Å². The number of aryl methyl sites for hydroxylation is 1. The molecule has 4 nitrogen and oxygen atoms in total. The summed E-state index contributed by atoms with van der Waals surface area (Å²) in [6, 6.07) is 6.26. The average Bonchev–Trinajstić information content (AvgIpc) is 2.43. The molecule has 1 aromatic heterocycles.